The number of carbonyl (C=O) groups is 1. The minimum atomic E-state index is -0.136. The van der Waals surface area contributed by atoms with Gasteiger partial charge in [-0.1, -0.05) is 0 Å². The van der Waals surface area contributed by atoms with E-state index in [1.54, 1.807) is 11.7 Å². The van der Waals surface area contributed by atoms with Gasteiger partial charge in [0.2, 0.25) is 5.88 Å². The van der Waals surface area contributed by atoms with Crippen LogP contribution in [0, 0.1) is 0 Å². The van der Waals surface area contributed by atoms with Gasteiger partial charge >= 0.3 is 0 Å². The van der Waals surface area contributed by atoms with Crippen LogP contribution in [0.25, 0.3) is 11.0 Å². The fourth-order valence-electron chi connectivity index (χ4n) is 3.87. The fourth-order valence-corrected chi connectivity index (χ4v) is 3.87. The van der Waals surface area contributed by atoms with Crippen LogP contribution < -0.4 is 15.4 Å². The summed E-state index contributed by atoms with van der Waals surface area (Å²) in [5.74, 6) is 0.427. The molecule has 0 radical (unpaired) electrons. The number of rotatable bonds is 7. The number of carbonyl (C=O) groups excluding carboxylic acids is 1. The second-order valence-electron chi connectivity index (χ2n) is 7.65. The number of piperidine rings is 1. The van der Waals surface area contributed by atoms with E-state index in [1.807, 2.05) is 12.1 Å². The summed E-state index contributed by atoms with van der Waals surface area (Å²) in [4.78, 5) is 19.7. The van der Waals surface area contributed by atoms with Crippen molar-refractivity contribution in [3.8, 4) is 5.88 Å². The first-order chi connectivity index (χ1) is 14.2. The number of pyridine rings is 1. The predicted molar refractivity (Wildman–Crippen MR) is 109 cm³/mol. The van der Waals surface area contributed by atoms with Gasteiger partial charge < -0.3 is 20.1 Å². The van der Waals surface area contributed by atoms with Gasteiger partial charge in [0, 0.05) is 38.8 Å². The highest BCUT2D eigenvalue weighted by atomic mass is 16.5. The molecule has 2 aliphatic rings. The Bertz CT molecular complexity index is 827. The third kappa shape index (κ3) is 5.04. The SMILES string of the molecule is Cn1nc(C(=O)NC2CCNCC2)c2ccc(OCCCN3CCOCC3)nc21. The third-order valence-corrected chi connectivity index (χ3v) is 5.52. The highest BCUT2D eigenvalue weighted by Gasteiger charge is 2.21. The smallest absolute Gasteiger partial charge is 0.272 e. The number of morpholine rings is 1. The van der Waals surface area contributed by atoms with Crippen molar-refractivity contribution >= 4 is 16.9 Å². The molecular weight excluding hydrogens is 372 g/mol. The first-order valence-corrected chi connectivity index (χ1v) is 10.5. The van der Waals surface area contributed by atoms with Crippen LogP contribution in [0.15, 0.2) is 12.1 Å². The zero-order valence-corrected chi connectivity index (χ0v) is 17.0. The lowest BCUT2D eigenvalue weighted by molar-refractivity contribution is 0.0357. The Morgan fingerprint density at radius 1 is 1.31 bits per heavy atom. The molecule has 4 heterocycles. The largest absolute Gasteiger partial charge is 0.478 e. The molecule has 2 aromatic heterocycles. The lowest BCUT2D eigenvalue weighted by Crippen LogP contribution is -2.42. The van der Waals surface area contributed by atoms with Crippen molar-refractivity contribution in [2.24, 2.45) is 7.05 Å². The van der Waals surface area contributed by atoms with Gasteiger partial charge in [-0.3, -0.25) is 9.69 Å². The molecule has 2 fully saturated rings. The van der Waals surface area contributed by atoms with E-state index in [2.05, 4.69) is 25.6 Å². The number of amides is 1. The summed E-state index contributed by atoms with van der Waals surface area (Å²) < 4.78 is 12.8. The van der Waals surface area contributed by atoms with Gasteiger partial charge in [-0.15, -0.1) is 0 Å². The molecule has 29 heavy (non-hydrogen) atoms. The second-order valence-corrected chi connectivity index (χ2v) is 7.65. The molecule has 0 aromatic carbocycles. The molecule has 2 N–H and O–H groups in total. The fraction of sp³-hybridized carbons (Fsp3) is 0.650. The summed E-state index contributed by atoms with van der Waals surface area (Å²) >= 11 is 0. The molecule has 9 heteroatoms. The van der Waals surface area contributed by atoms with Crippen molar-refractivity contribution in [1.82, 2.24) is 30.3 Å². The topological polar surface area (TPSA) is 93.5 Å². The quantitative estimate of drug-likeness (QED) is 0.654. The van der Waals surface area contributed by atoms with Crippen LogP contribution in [-0.4, -0.2) is 84.2 Å². The minimum absolute atomic E-state index is 0.136. The summed E-state index contributed by atoms with van der Waals surface area (Å²) in [7, 11) is 1.80. The maximum atomic E-state index is 12.7. The molecule has 9 nitrogen and oxygen atoms in total. The summed E-state index contributed by atoms with van der Waals surface area (Å²) in [6.07, 6.45) is 2.82. The maximum absolute atomic E-state index is 12.7. The molecule has 0 unspecified atom stereocenters. The number of fused-ring (bicyclic) bond motifs is 1. The molecule has 1 amide bonds. The van der Waals surface area contributed by atoms with Gasteiger partial charge in [0.15, 0.2) is 11.3 Å². The molecule has 0 spiro atoms. The number of hydrogen-bond acceptors (Lipinski definition) is 7. The molecule has 2 aliphatic heterocycles. The standard InChI is InChI=1S/C20H30N6O3/c1-25-19-16(18(24-25)20(27)22-15-5-7-21-8-6-15)3-4-17(23-19)29-12-2-9-26-10-13-28-14-11-26/h3-4,15,21H,2,5-14H2,1H3,(H,22,27). The van der Waals surface area contributed by atoms with Gasteiger partial charge in [-0.05, 0) is 38.4 Å². The minimum Gasteiger partial charge on any atom is -0.478 e. The molecule has 0 atom stereocenters. The van der Waals surface area contributed by atoms with Gasteiger partial charge in [-0.25, -0.2) is 4.68 Å². The van der Waals surface area contributed by atoms with Gasteiger partial charge in [0.25, 0.3) is 5.91 Å². The van der Waals surface area contributed by atoms with E-state index in [-0.39, 0.29) is 11.9 Å². The van der Waals surface area contributed by atoms with E-state index in [1.165, 1.54) is 0 Å². The zero-order valence-electron chi connectivity index (χ0n) is 17.0. The van der Waals surface area contributed by atoms with E-state index >= 15 is 0 Å². The lowest BCUT2D eigenvalue weighted by atomic mass is 10.1. The van der Waals surface area contributed by atoms with Crippen LogP contribution in [0.3, 0.4) is 0 Å². The monoisotopic (exact) mass is 402 g/mol. The lowest BCUT2D eigenvalue weighted by Gasteiger charge is -2.26. The summed E-state index contributed by atoms with van der Waals surface area (Å²) in [6.45, 7) is 7.07. The Balaban J connectivity index is 1.35. The van der Waals surface area contributed by atoms with Crippen molar-refractivity contribution < 1.29 is 14.3 Å². The zero-order chi connectivity index (χ0) is 20.1. The molecule has 158 valence electrons. The van der Waals surface area contributed by atoms with Crippen LogP contribution in [0.2, 0.25) is 0 Å². The predicted octanol–water partition coefficient (Wildman–Crippen LogP) is 0.551. The van der Waals surface area contributed by atoms with Gasteiger partial charge in [0.05, 0.1) is 25.2 Å². The number of nitrogens with zero attached hydrogens (tertiary/aromatic N) is 4. The van der Waals surface area contributed by atoms with Crippen molar-refractivity contribution in [2.45, 2.75) is 25.3 Å². The van der Waals surface area contributed by atoms with Crippen LogP contribution in [0.5, 0.6) is 5.88 Å². The highest BCUT2D eigenvalue weighted by molar-refractivity contribution is 6.04. The van der Waals surface area contributed by atoms with E-state index in [0.717, 1.165) is 70.6 Å². The Labute approximate surface area is 170 Å². The summed E-state index contributed by atoms with van der Waals surface area (Å²) in [5, 5.41) is 11.6. The van der Waals surface area contributed by atoms with E-state index in [9.17, 15) is 4.79 Å². The molecule has 0 bridgehead atoms. The van der Waals surface area contributed by atoms with Crippen molar-refractivity contribution in [3.63, 3.8) is 0 Å². The molecular formula is C20H30N6O3. The first kappa shape index (κ1) is 20.1. The van der Waals surface area contributed by atoms with E-state index in [0.29, 0.717) is 23.8 Å². The first-order valence-electron chi connectivity index (χ1n) is 10.5. The third-order valence-electron chi connectivity index (χ3n) is 5.52. The maximum Gasteiger partial charge on any atom is 0.272 e. The van der Waals surface area contributed by atoms with Crippen molar-refractivity contribution in [1.29, 1.82) is 0 Å². The van der Waals surface area contributed by atoms with Crippen LogP contribution in [0.4, 0.5) is 0 Å². The van der Waals surface area contributed by atoms with Gasteiger partial charge in [-0.2, -0.15) is 10.1 Å². The second kappa shape index (κ2) is 9.51. The Morgan fingerprint density at radius 2 is 2.10 bits per heavy atom. The van der Waals surface area contributed by atoms with Crippen LogP contribution in [0.1, 0.15) is 29.8 Å². The number of nitrogens with one attached hydrogen (secondary N) is 2. The molecule has 2 saturated heterocycles. The number of aryl methyl sites for hydroxylation is 1. The van der Waals surface area contributed by atoms with Crippen LogP contribution in [-0.2, 0) is 11.8 Å². The molecule has 0 aliphatic carbocycles. The summed E-state index contributed by atoms with van der Waals surface area (Å²) in [6, 6.07) is 3.90. The normalized spacial score (nSPS) is 18.8. The average molecular weight is 402 g/mol. The Morgan fingerprint density at radius 3 is 2.90 bits per heavy atom. The highest BCUT2D eigenvalue weighted by Crippen LogP contribution is 2.20. The van der Waals surface area contributed by atoms with Crippen LogP contribution >= 0.6 is 0 Å². The molecule has 0 saturated carbocycles. The van der Waals surface area contributed by atoms with Gasteiger partial charge in [0.1, 0.15) is 0 Å². The summed E-state index contributed by atoms with van der Waals surface area (Å²) in [5.41, 5.74) is 1.08. The molecule has 2 aromatic rings. The number of aromatic nitrogens is 3. The number of ether oxygens (including phenoxy) is 2. The Hall–Kier alpha value is -2.23. The van der Waals surface area contributed by atoms with E-state index < -0.39 is 0 Å². The number of hydrogen-bond donors (Lipinski definition) is 2. The average Bonchev–Trinajstić information content (AvgIpc) is 3.09. The van der Waals surface area contributed by atoms with E-state index in [4.69, 9.17) is 9.47 Å². The molecule has 4 rings (SSSR count). The Kier molecular flexibility index (Phi) is 6.58. The van der Waals surface area contributed by atoms with Crippen molar-refractivity contribution in [2.75, 3.05) is 52.5 Å². The van der Waals surface area contributed by atoms with Crippen molar-refractivity contribution in [3.05, 3.63) is 17.8 Å².